The minimum Gasteiger partial charge on any atom is -0.363 e. The number of nitrogens with zero attached hydrogens (tertiary/aromatic N) is 3. The molecule has 2 aromatic carbocycles. The van der Waals surface area contributed by atoms with E-state index in [-0.39, 0.29) is 21.4 Å². The van der Waals surface area contributed by atoms with Gasteiger partial charge >= 0.3 is 0 Å². The molecule has 0 aliphatic heterocycles. The van der Waals surface area contributed by atoms with Crippen LogP contribution in [0.5, 0.6) is 0 Å². The summed E-state index contributed by atoms with van der Waals surface area (Å²) in [6.45, 7) is 0. The van der Waals surface area contributed by atoms with E-state index in [1.807, 2.05) is 0 Å². The van der Waals surface area contributed by atoms with E-state index < -0.39 is 41.8 Å². The minimum absolute atomic E-state index is 0.0178. The number of amides is 1. The molecule has 0 unspecified atom stereocenters. The zero-order valence-corrected chi connectivity index (χ0v) is 17.5. The van der Waals surface area contributed by atoms with Crippen molar-refractivity contribution in [3.05, 3.63) is 46.4 Å². The molecule has 0 atom stereocenters. The van der Waals surface area contributed by atoms with Crippen LogP contribution in [0.25, 0.3) is 0 Å². The molecule has 160 valence electrons. The highest BCUT2D eigenvalue weighted by atomic mass is 35.5. The van der Waals surface area contributed by atoms with Gasteiger partial charge in [-0.15, -0.1) is 15.3 Å². The molecular formula is C14H11Cl2N5O7S2. The molecule has 0 saturated carbocycles. The third kappa shape index (κ3) is 6.19. The molecule has 0 radical (unpaired) electrons. The van der Waals surface area contributed by atoms with Crippen molar-refractivity contribution in [2.75, 3.05) is 5.43 Å². The molecule has 0 aliphatic carbocycles. The largest absolute Gasteiger partial charge is 0.363 e. The smallest absolute Gasteiger partial charge is 0.294 e. The predicted octanol–water partition coefficient (Wildman–Crippen LogP) is 2.48. The average Bonchev–Trinajstić information content (AvgIpc) is 2.62. The average molecular weight is 496 g/mol. The molecule has 1 amide bonds. The lowest BCUT2D eigenvalue weighted by atomic mass is 10.3. The maximum atomic E-state index is 11.5. The Kier molecular flexibility index (Phi) is 7.12. The van der Waals surface area contributed by atoms with Crippen molar-refractivity contribution in [3.8, 4) is 0 Å². The van der Waals surface area contributed by atoms with E-state index in [0.29, 0.717) is 0 Å². The Morgan fingerprint density at radius 2 is 1.47 bits per heavy atom. The first-order valence-corrected chi connectivity index (χ1v) is 11.0. The van der Waals surface area contributed by atoms with Gasteiger partial charge in [-0.2, -0.15) is 16.8 Å². The van der Waals surface area contributed by atoms with E-state index in [0.717, 1.165) is 36.4 Å². The molecule has 0 spiro atoms. The second-order valence-corrected chi connectivity index (χ2v) is 8.97. The maximum absolute atomic E-state index is 11.5. The van der Waals surface area contributed by atoms with Crippen molar-refractivity contribution in [1.82, 2.24) is 0 Å². The van der Waals surface area contributed by atoms with Crippen LogP contribution >= 0.6 is 23.2 Å². The zero-order chi connectivity index (χ0) is 22.7. The summed E-state index contributed by atoms with van der Waals surface area (Å²) in [5.41, 5.74) is 7.04. The van der Waals surface area contributed by atoms with Crippen LogP contribution in [0.3, 0.4) is 0 Å². The van der Waals surface area contributed by atoms with Crippen LogP contribution in [-0.4, -0.2) is 37.7 Å². The summed E-state index contributed by atoms with van der Waals surface area (Å²) >= 11 is 11.8. The normalized spacial score (nSPS) is 12.9. The summed E-state index contributed by atoms with van der Waals surface area (Å²) in [5, 5.41) is 10.5. The molecule has 0 fully saturated rings. The van der Waals surface area contributed by atoms with Gasteiger partial charge in [0.05, 0.1) is 25.5 Å². The fraction of sp³-hybridized carbons (Fsp3) is 0. The van der Waals surface area contributed by atoms with Gasteiger partial charge in [-0.3, -0.25) is 19.3 Å². The molecule has 30 heavy (non-hydrogen) atoms. The van der Waals surface area contributed by atoms with E-state index >= 15 is 0 Å². The van der Waals surface area contributed by atoms with Gasteiger partial charge in [0.1, 0.15) is 5.69 Å². The Labute approximate surface area is 179 Å². The van der Waals surface area contributed by atoms with Crippen molar-refractivity contribution < 1.29 is 30.7 Å². The molecule has 16 heteroatoms. The number of carbonyl (C=O) groups is 1. The number of benzene rings is 2. The van der Waals surface area contributed by atoms with E-state index in [9.17, 15) is 21.6 Å². The Morgan fingerprint density at radius 1 is 0.933 bits per heavy atom. The fourth-order valence-electron chi connectivity index (χ4n) is 1.82. The quantitative estimate of drug-likeness (QED) is 0.159. The van der Waals surface area contributed by atoms with Gasteiger partial charge in [0.15, 0.2) is 0 Å². The van der Waals surface area contributed by atoms with Crippen LogP contribution in [0.1, 0.15) is 0 Å². The van der Waals surface area contributed by atoms with Gasteiger partial charge in [-0.05, 0) is 36.4 Å². The highest BCUT2D eigenvalue weighted by Gasteiger charge is 2.14. The SMILES string of the molecule is NC(=O)/C(N=Nc1cc(S(=O)(=O)O)ccc1Cl)=N\Nc1cc(S(=O)(=O)O)ccc1Cl. The molecule has 2 rings (SSSR count). The summed E-state index contributed by atoms with van der Waals surface area (Å²) in [5.74, 6) is -1.90. The molecule has 2 aromatic rings. The second kappa shape index (κ2) is 9.03. The van der Waals surface area contributed by atoms with Gasteiger partial charge in [0, 0.05) is 0 Å². The topological polar surface area (TPSA) is 201 Å². The van der Waals surface area contributed by atoms with Crippen LogP contribution < -0.4 is 11.2 Å². The Hall–Kier alpha value is -2.62. The first-order chi connectivity index (χ1) is 13.8. The monoisotopic (exact) mass is 495 g/mol. The number of carbonyl (C=O) groups excluding carboxylic acids is 1. The highest BCUT2D eigenvalue weighted by molar-refractivity contribution is 7.86. The van der Waals surface area contributed by atoms with E-state index in [1.54, 1.807) is 0 Å². The molecule has 5 N–H and O–H groups in total. The first kappa shape index (κ1) is 23.7. The van der Waals surface area contributed by atoms with Gasteiger partial charge < -0.3 is 5.73 Å². The predicted molar refractivity (Wildman–Crippen MR) is 107 cm³/mol. The number of azo groups is 1. The van der Waals surface area contributed by atoms with Crippen LogP contribution in [0.2, 0.25) is 10.0 Å². The second-order valence-electron chi connectivity index (χ2n) is 5.32. The van der Waals surface area contributed by atoms with Gasteiger partial charge in [-0.1, -0.05) is 23.2 Å². The molecule has 0 heterocycles. The van der Waals surface area contributed by atoms with Crippen LogP contribution in [0.15, 0.2) is 61.5 Å². The molecule has 0 aliphatic rings. The van der Waals surface area contributed by atoms with E-state index in [2.05, 4.69) is 20.8 Å². The third-order valence-corrected chi connectivity index (χ3v) is 5.55. The van der Waals surface area contributed by atoms with Crippen molar-refractivity contribution >= 4 is 66.6 Å². The third-order valence-electron chi connectivity index (χ3n) is 3.21. The summed E-state index contributed by atoms with van der Waals surface area (Å²) in [6.07, 6.45) is 0. The van der Waals surface area contributed by atoms with Crippen LogP contribution in [0.4, 0.5) is 11.4 Å². The fourth-order valence-corrected chi connectivity index (χ4v) is 3.14. The van der Waals surface area contributed by atoms with Crippen molar-refractivity contribution in [3.63, 3.8) is 0 Å². The number of nitrogens with two attached hydrogens (primary N) is 1. The van der Waals surface area contributed by atoms with E-state index in [1.165, 1.54) is 0 Å². The Morgan fingerprint density at radius 3 is 2.00 bits per heavy atom. The molecule has 0 saturated heterocycles. The number of nitrogens with one attached hydrogen (secondary N) is 1. The van der Waals surface area contributed by atoms with Crippen molar-refractivity contribution in [2.24, 2.45) is 21.1 Å². The number of hydrazone groups is 1. The lowest BCUT2D eigenvalue weighted by Crippen LogP contribution is -2.22. The lowest BCUT2D eigenvalue weighted by Gasteiger charge is -2.06. The number of halogens is 2. The first-order valence-electron chi connectivity index (χ1n) is 7.38. The Bertz CT molecular complexity index is 1280. The highest BCUT2D eigenvalue weighted by Crippen LogP contribution is 2.28. The standard InChI is InChI=1S/C14H11Cl2N5O7S2/c15-9-3-1-7(29(23,24)25)5-11(9)18-20-14(13(17)22)21-19-12-6-8(30(26,27)28)2-4-10(12)16/h1-6,18H,(H2,17,22)(H,23,24,25)(H,26,27,28)/b20-14+,21-19?. The van der Waals surface area contributed by atoms with Crippen LogP contribution in [-0.2, 0) is 25.0 Å². The maximum Gasteiger partial charge on any atom is 0.294 e. The summed E-state index contributed by atoms with van der Waals surface area (Å²) in [4.78, 5) is 10.5. The minimum atomic E-state index is -4.54. The summed E-state index contributed by atoms with van der Waals surface area (Å²) < 4.78 is 62.9. The number of hydrogen-bond acceptors (Lipinski definition) is 8. The van der Waals surface area contributed by atoms with E-state index in [4.69, 9.17) is 38.0 Å². The summed E-state index contributed by atoms with van der Waals surface area (Å²) in [6, 6.07) is 6.15. The molecule has 0 bridgehead atoms. The number of amidine groups is 1. The lowest BCUT2D eigenvalue weighted by molar-refractivity contribution is -0.112. The molecule has 12 nitrogen and oxygen atoms in total. The molecule has 0 aromatic heterocycles. The van der Waals surface area contributed by atoms with Crippen molar-refractivity contribution in [2.45, 2.75) is 9.79 Å². The number of hydrogen-bond donors (Lipinski definition) is 4. The Balaban J connectivity index is 2.38. The number of primary amides is 1. The van der Waals surface area contributed by atoms with Gasteiger partial charge in [-0.25, -0.2) is 0 Å². The summed E-state index contributed by atoms with van der Waals surface area (Å²) in [7, 11) is -9.07. The number of anilines is 1. The molecular weight excluding hydrogens is 485 g/mol. The zero-order valence-electron chi connectivity index (χ0n) is 14.4. The van der Waals surface area contributed by atoms with Gasteiger partial charge in [0.2, 0.25) is 0 Å². The van der Waals surface area contributed by atoms with Gasteiger partial charge in [0.25, 0.3) is 32.0 Å². The number of rotatable bonds is 5. The van der Waals surface area contributed by atoms with Crippen molar-refractivity contribution in [1.29, 1.82) is 0 Å². The van der Waals surface area contributed by atoms with Crippen LogP contribution in [0, 0.1) is 0 Å².